The summed E-state index contributed by atoms with van der Waals surface area (Å²) in [5.74, 6) is -0.0934. The highest BCUT2D eigenvalue weighted by Gasteiger charge is 2.28. The zero-order valence-corrected chi connectivity index (χ0v) is 9.53. The fraction of sp³-hybridized carbons (Fsp3) is 0.800. The predicted molar refractivity (Wildman–Crippen MR) is 59.0 cm³/mol. The summed E-state index contributed by atoms with van der Waals surface area (Å²) in [6, 6.07) is 0.155. The molecule has 90 valence electrons. The predicted octanol–water partition coefficient (Wildman–Crippen LogP) is -1.17. The van der Waals surface area contributed by atoms with Crippen LogP contribution < -0.4 is 10.6 Å². The molecule has 2 aliphatic rings. The summed E-state index contributed by atoms with van der Waals surface area (Å²) < 4.78 is 0. The van der Waals surface area contributed by atoms with Crippen molar-refractivity contribution < 1.29 is 9.59 Å². The average Bonchev–Trinajstić information content (AvgIpc) is 2.64. The molecule has 2 N–H and O–H groups in total. The van der Waals surface area contributed by atoms with Crippen LogP contribution in [0.3, 0.4) is 0 Å². The minimum atomic E-state index is -0.256. The summed E-state index contributed by atoms with van der Waals surface area (Å²) in [4.78, 5) is 26.5. The second-order valence-electron chi connectivity index (χ2n) is 4.37. The Bertz CT molecular complexity index is 295. The molecule has 2 heterocycles. The molecule has 0 saturated carbocycles. The number of rotatable bonds is 2. The normalized spacial score (nSPS) is 26.9. The molecule has 0 aromatic heterocycles. The number of carbonyl (C=O) groups is 2. The van der Waals surface area contributed by atoms with Gasteiger partial charge in [0.25, 0.3) is 0 Å². The Kier molecular flexibility index (Phi) is 3.40. The van der Waals surface area contributed by atoms with Crippen molar-refractivity contribution in [1.82, 2.24) is 20.4 Å². The van der Waals surface area contributed by atoms with Crippen molar-refractivity contribution in [3.05, 3.63) is 0 Å². The smallest absolute Gasteiger partial charge is 0.324 e. The molecule has 0 bridgehead atoms. The van der Waals surface area contributed by atoms with E-state index in [1.165, 1.54) is 4.90 Å². The molecule has 2 aliphatic heterocycles. The molecule has 0 aliphatic carbocycles. The van der Waals surface area contributed by atoms with Crippen LogP contribution >= 0.6 is 0 Å². The first-order valence-electron chi connectivity index (χ1n) is 5.71. The van der Waals surface area contributed by atoms with Crippen molar-refractivity contribution in [3.8, 4) is 0 Å². The van der Waals surface area contributed by atoms with Gasteiger partial charge in [-0.15, -0.1) is 0 Å². The molecule has 2 rings (SSSR count). The number of nitrogens with one attached hydrogen (secondary N) is 2. The second-order valence-corrected chi connectivity index (χ2v) is 4.37. The first-order valence-corrected chi connectivity index (χ1v) is 5.71. The number of imide groups is 1. The Labute approximate surface area is 95.0 Å². The van der Waals surface area contributed by atoms with E-state index in [0.29, 0.717) is 25.7 Å². The number of nitrogens with zero attached hydrogens (tertiary/aromatic N) is 2. The molecule has 0 aromatic rings. The van der Waals surface area contributed by atoms with E-state index in [2.05, 4.69) is 22.5 Å². The topological polar surface area (TPSA) is 64.7 Å². The molecular weight excluding hydrogens is 208 g/mol. The van der Waals surface area contributed by atoms with E-state index in [9.17, 15) is 9.59 Å². The summed E-state index contributed by atoms with van der Waals surface area (Å²) in [7, 11) is 0. The van der Waals surface area contributed by atoms with Crippen LogP contribution in [0, 0.1) is 0 Å². The zero-order valence-electron chi connectivity index (χ0n) is 9.53. The Morgan fingerprint density at radius 3 is 2.88 bits per heavy atom. The molecule has 3 amide bonds. The van der Waals surface area contributed by atoms with Crippen LogP contribution in [0.5, 0.6) is 0 Å². The lowest BCUT2D eigenvalue weighted by molar-refractivity contribution is -0.129. The van der Waals surface area contributed by atoms with Crippen LogP contribution in [-0.2, 0) is 4.79 Å². The van der Waals surface area contributed by atoms with Crippen LogP contribution in [0.15, 0.2) is 0 Å². The van der Waals surface area contributed by atoms with Crippen molar-refractivity contribution in [2.24, 2.45) is 0 Å². The molecule has 1 atom stereocenters. The van der Waals surface area contributed by atoms with E-state index in [-0.39, 0.29) is 11.9 Å². The third-order valence-electron chi connectivity index (χ3n) is 2.97. The summed E-state index contributed by atoms with van der Waals surface area (Å²) in [6.45, 7) is 6.15. The summed E-state index contributed by atoms with van der Waals surface area (Å²) in [5, 5.41) is 5.95. The van der Waals surface area contributed by atoms with Gasteiger partial charge >= 0.3 is 6.03 Å². The van der Waals surface area contributed by atoms with E-state index in [1.54, 1.807) is 0 Å². The lowest BCUT2D eigenvalue weighted by Gasteiger charge is -2.31. The van der Waals surface area contributed by atoms with E-state index in [0.717, 1.165) is 19.6 Å². The fourth-order valence-corrected chi connectivity index (χ4v) is 2.14. The molecule has 0 radical (unpaired) electrons. The van der Waals surface area contributed by atoms with Crippen LogP contribution in [0.1, 0.15) is 6.92 Å². The highest BCUT2D eigenvalue weighted by atomic mass is 16.2. The Morgan fingerprint density at radius 2 is 2.25 bits per heavy atom. The molecule has 6 nitrogen and oxygen atoms in total. The minimum absolute atomic E-state index is 0.0934. The van der Waals surface area contributed by atoms with Gasteiger partial charge in [-0.2, -0.15) is 0 Å². The average molecular weight is 226 g/mol. The number of piperazine rings is 1. The van der Waals surface area contributed by atoms with Gasteiger partial charge in [-0.1, -0.05) is 0 Å². The molecule has 0 aromatic carbocycles. The van der Waals surface area contributed by atoms with Crippen LogP contribution in [0.4, 0.5) is 4.79 Å². The van der Waals surface area contributed by atoms with Crippen LogP contribution in [0.2, 0.25) is 0 Å². The van der Waals surface area contributed by atoms with E-state index in [1.807, 2.05) is 0 Å². The largest absolute Gasteiger partial charge is 0.336 e. The SMILES string of the molecule is C[C@@H]1CN(CC(=O)N2CCNC2=O)CCN1. The standard InChI is InChI=1S/C10H18N4O2/c1-8-6-13(4-2-11-8)7-9(15)14-5-3-12-10(14)16/h8,11H,2-7H2,1H3,(H,12,16)/t8-/m1/s1. The third-order valence-corrected chi connectivity index (χ3v) is 2.97. The quantitative estimate of drug-likeness (QED) is 0.623. The van der Waals surface area contributed by atoms with Gasteiger partial charge < -0.3 is 10.6 Å². The number of urea groups is 1. The maximum atomic E-state index is 11.8. The number of hydrogen-bond donors (Lipinski definition) is 2. The van der Waals surface area contributed by atoms with Crippen LogP contribution in [-0.4, -0.2) is 67.0 Å². The van der Waals surface area contributed by atoms with Gasteiger partial charge in [0.15, 0.2) is 0 Å². The monoisotopic (exact) mass is 226 g/mol. The van der Waals surface area contributed by atoms with Gasteiger partial charge in [0.05, 0.1) is 6.54 Å². The van der Waals surface area contributed by atoms with Crippen LogP contribution in [0.25, 0.3) is 0 Å². The third kappa shape index (κ3) is 2.51. The Balaban J connectivity index is 1.84. The summed E-state index contributed by atoms with van der Waals surface area (Å²) in [5.41, 5.74) is 0. The first kappa shape index (κ1) is 11.3. The van der Waals surface area contributed by atoms with Crippen molar-refractivity contribution >= 4 is 11.9 Å². The molecule has 16 heavy (non-hydrogen) atoms. The lowest BCUT2D eigenvalue weighted by atomic mass is 10.2. The first-order chi connectivity index (χ1) is 7.66. The van der Waals surface area contributed by atoms with E-state index >= 15 is 0 Å². The molecule has 6 heteroatoms. The van der Waals surface area contributed by atoms with Crippen molar-refractivity contribution in [2.45, 2.75) is 13.0 Å². The van der Waals surface area contributed by atoms with Gasteiger partial charge in [0.1, 0.15) is 0 Å². The molecule has 0 spiro atoms. The van der Waals surface area contributed by atoms with Gasteiger partial charge in [-0.3, -0.25) is 14.6 Å². The van der Waals surface area contributed by atoms with E-state index in [4.69, 9.17) is 0 Å². The maximum absolute atomic E-state index is 11.8. The van der Waals surface area contributed by atoms with Gasteiger partial charge in [-0.25, -0.2) is 4.79 Å². The number of carbonyl (C=O) groups excluding carboxylic acids is 2. The fourth-order valence-electron chi connectivity index (χ4n) is 2.14. The minimum Gasteiger partial charge on any atom is -0.336 e. The molecule has 2 fully saturated rings. The van der Waals surface area contributed by atoms with E-state index < -0.39 is 0 Å². The van der Waals surface area contributed by atoms with Crippen molar-refractivity contribution in [1.29, 1.82) is 0 Å². The highest BCUT2D eigenvalue weighted by molar-refractivity contribution is 5.96. The molecule has 2 saturated heterocycles. The zero-order chi connectivity index (χ0) is 11.5. The molecular formula is C10H18N4O2. The Hall–Kier alpha value is -1.14. The Morgan fingerprint density at radius 1 is 1.44 bits per heavy atom. The number of amides is 3. The summed E-state index contributed by atoms with van der Waals surface area (Å²) in [6.07, 6.45) is 0. The van der Waals surface area contributed by atoms with Gasteiger partial charge in [0, 0.05) is 38.8 Å². The maximum Gasteiger partial charge on any atom is 0.324 e. The van der Waals surface area contributed by atoms with Crippen molar-refractivity contribution in [3.63, 3.8) is 0 Å². The van der Waals surface area contributed by atoms with Crippen molar-refractivity contribution in [2.75, 3.05) is 39.3 Å². The van der Waals surface area contributed by atoms with Gasteiger partial charge in [-0.05, 0) is 6.92 Å². The number of hydrogen-bond acceptors (Lipinski definition) is 4. The lowest BCUT2D eigenvalue weighted by Crippen LogP contribution is -2.52. The summed E-state index contributed by atoms with van der Waals surface area (Å²) >= 11 is 0. The van der Waals surface area contributed by atoms with Gasteiger partial charge in [0.2, 0.25) is 5.91 Å². The highest BCUT2D eigenvalue weighted by Crippen LogP contribution is 2.02. The second kappa shape index (κ2) is 4.80. The molecule has 0 unspecified atom stereocenters.